The number of aromatic nitrogens is 1. The Balaban J connectivity index is 1.07. The molecule has 3 N–H and O–H groups in total. The molecule has 4 aromatic rings. The first-order valence-corrected chi connectivity index (χ1v) is 13.2. The molecule has 194 valence electrons. The second-order valence-corrected chi connectivity index (χ2v) is 9.62. The maximum atomic E-state index is 5.97. The van der Waals surface area contributed by atoms with Crippen molar-refractivity contribution in [3.63, 3.8) is 0 Å². The standard InChI is InChI=1S/C31H37N3O3/c1-35-31-6-3-2-5-26(31)22-36-17-4-18-37-27-10-8-24(9-11-27)28-14-15-32-21-30(28)34-20-23-7-12-29-25(19-23)13-16-33-29/h2-3,5-13,16,19,28,30,32-34H,4,14-15,17-18,20-22H2,1H3/t28-,30-/m1/s1. The minimum Gasteiger partial charge on any atom is -0.496 e. The fraction of sp³-hybridized carbons (Fsp3) is 0.355. The first kappa shape index (κ1) is 25.3. The average Bonchev–Trinajstić information content (AvgIpc) is 3.42. The monoisotopic (exact) mass is 499 g/mol. The number of hydrogen-bond donors (Lipinski definition) is 3. The SMILES string of the molecule is COc1ccccc1COCCCOc1ccc([C@H]2CCNC[C@H]2NCc2ccc3[nH]ccc3c2)cc1. The van der Waals surface area contributed by atoms with E-state index in [1.807, 2.05) is 30.5 Å². The third kappa shape index (κ3) is 6.72. The fourth-order valence-corrected chi connectivity index (χ4v) is 5.10. The molecule has 0 spiro atoms. The molecule has 6 heteroatoms. The van der Waals surface area contributed by atoms with Gasteiger partial charge in [0.2, 0.25) is 0 Å². The number of para-hydroxylation sites is 1. The summed E-state index contributed by atoms with van der Waals surface area (Å²) in [4.78, 5) is 3.27. The highest BCUT2D eigenvalue weighted by Gasteiger charge is 2.26. The summed E-state index contributed by atoms with van der Waals surface area (Å²) in [6.07, 6.45) is 3.96. The normalized spacial score (nSPS) is 17.6. The first-order valence-electron chi connectivity index (χ1n) is 13.2. The molecule has 0 unspecified atom stereocenters. The quantitative estimate of drug-likeness (QED) is 0.228. The van der Waals surface area contributed by atoms with E-state index in [-0.39, 0.29) is 0 Å². The van der Waals surface area contributed by atoms with Gasteiger partial charge < -0.3 is 29.8 Å². The van der Waals surface area contributed by atoms with Crippen molar-refractivity contribution in [3.8, 4) is 11.5 Å². The van der Waals surface area contributed by atoms with Crippen molar-refractivity contribution < 1.29 is 14.2 Å². The Morgan fingerprint density at radius 1 is 0.973 bits per heavy atom. The highest BCUT2D eigenvalue weighted by atomic mass is 16.5. The van der Waals surface area contributed by atoms with E-state index < -0.39 is 0 Å². The number of H-pyrrole nitrogens is 1. The van der Waals surface area contributed by atoms with Crippen LogP contribution in [0.4, 0.5) is 0 Å². The van der Waals surface area contributed by atoms with Gasteiger partial charge in [0, 0.05) is 48.7 Å². The fourth-order valence-electron chi connectivity index (χ4n) is 5.10. The molecule has 0 bridgehead atoms. The van der Waals surface area contributed by atoms with Crippen LogP contribution in [0, 0.1) is 0 Å². The Labute approximate surface area is 219 Å². The molecule has 5 rings (SSSR count). The van der Waals surface area contributed by atoms with Crippen molar-refractivity contribution in [2.75, 3.05) is 33.4 Å². The molecule has 37 heavy (non-hydrogen) atoms. The van der Waals surface area contributed by atoms with E-state index in [2.05, 4.69) is 64.1 Å². The van der Waals surface area contributed by atoms with Gasteiger partial charge in [-0.25, -0.2) is 0 Å². The van der Waals surface area contributed by atoms with Crippen molar-refractivity contribution >= 4 is 10.9 Å². The zero-order valence-corrected chi connectivity index (χ0v) is 21.5. The lowest BCUT2D eigenvalue weighted by Crippen LogP contribution is -2.47. The number of hydrogen-bond acceptors (Lipinski definition) is 5. The van der Waals surface area contributed by atoms with E-state index in [1.165, 1.54) is 22.0 Å². The van der Waals surface area contributed by atoms with Gasteiger partial charge in [-0.1, -0.05) is 36.4 Å². The molecule has 1 aliphatic rings. The lowest BCUT2D eigenvalue weighted by atomic mass is 9.86. The summed E-state index contributed by atoms with van der Waals surface area (Å²) in [5.41, 5.74) is 4.93. The second kappa shape index (κ2) is 12.8. The molecule has 1 fully saturated rings. The highest BCUT2D eigenvalue weighted by molar-refractivity contribution is 5.79. The second-order valence-electron chi connectivity index (χ2n) is 9.62. The van der Waals surface area contributed by atoms with E-state index in [0.717, 1.165) is 49.5 Å². The summed E-state index contributed by atoms with van der Waals surface area (Å²) in [6, 6.07) is 25.8. The van der Waals surface area contributed by atoms with E-state index in [9.17, 15) is 0 Å². The number of nitrogens with one attached hydrogen (secondary N) is 3. The van der Waals surface area contributed by atoms with Gasteiger partial charge in [-0.15, -0.1) is 0 Å². The van der Waals surface area contributed by atoms with Crippen LogP contribution in [0.5, 0.6) is 11.5 Å². The summed E-state index contributed by atoms with van der Waals surface area (Å²) >= 11 is 0. The van der Waals surface area contributed by atoms with Crippen molar-refractivity contribution in [2.24, 2.45) is 0 Å². The number of piperidine rings is 1. The number of fused-ring (bicyclic) bond motifs is 1. The van der Waals surface area contributed by atoms with Gasteiger partial charge in [-0.05, 0) is 65.9 Å². The summed E-state index contributed by atoms with van der Waals surface area (Å²) in [5.74, 6) is 2.25. The summed E-state index contributed by atoms with van der Waals surface area (Å²) in [6.45, 7) is 4.72. The Morgan fingerprint density at radius 3 is 2.76 bits per heavy atom. The number of aromatic amines is 1. The van der Waals surface area contributed by atoms with E-state index in [0.29, 0.717) is 31.8 Å². The molecule has 2 atom stereocenters. The lowest BCUT2D eigenvalue weighted by molar-refractivity contribution is 0.105. The predicted octanol–water partition coefficient (Wildman–Crippen LogP) is 5.40. The zero-order valence-electron chi connectivity index (χ0n) is 21.5. The van der Waals surface area contributed by atoms with E-state index in [4.69, 9.17) is 14.2 Å². The van der Waals surface area contributed by atoms with Crippen LogP contribution in [0.2, 0.25) is 0 Å². The van der Waals surface area contributed by atoms with Crippen molar-refractivity contribution in [1.82, 2.24) is 15.6 Å². The smallest absolute Gasteiger partial charge is 0.124 e. The lowest BCUT2D eigenvalue weighted by Gasteiger charge is -2.33. The van der Waals surface area contributed by atoms with Crippen LogP contribution in [0.1, 0.15) is 35.4 Å². The molecular formula is C31H37N3O3. The van der Waals surface area contributed by atoms with Crippen LogP contribution in [0.3, 0.4) is 0 Å². The molecule has 3 aromatic carbocycles. The topological polar surface area (TPSA) is 67.5 Å². The van der Waals surface area contributed by atoms with E-state index in [1.54, 1.807) is 7.11 Å². The molecule has 0 saturated carbocycles. The Hall–Kier alpha value is -3.32. The number of rotatable bonds is 12. The minimum absolute atomic E-state index is 0.392. The maximum Gasteiger partial charge on any atom is 0.124 e. The minimum atomic E-state index is 0.392. The van der Waals surface area contributed by atoms with E-state index >= 15 is 0 Å². The van der Waals surface area contributed by atoms with Crippen LogP contribution < -0.4 is 20.1 Å². The van der Waals surface area contributed by atoms with Gasteiger partial charge in [0.25, 0.3) is 0 Å². The summed E-state index contributed by atoms with van der Waals surface area (Å²) < 4.78 is 17.2. The molecular weight excluding hydrogens is 462 g/mol. The molecule has 0 radical (unpaired) electrons. The maximum absolute atomic E-state index is 5.97. The van der Waals surface area contributed by atoms with Gasteiger partial charge >= 0.3 is 0 Å². The van der Waals surface area contributed by atoms with Gasteiger partial charge in [-0.3, -0.25) is 0 Å². The summed E-state index contributed by atoms with van der Waals surface area (Å²) in [5, 5.41) is 8.62. The Bertz CT molecular complexity index is 1250. The summed E-state index contributed by atoms with van der Waals surface area (Å²) in [7, 11) is 1.69. The third-order valence-electron chi connectivity index (χ3n) is 7.13. The van der Waals surface area contributed by atoms with Crippen molar-refractivity contribution in [2.45, 2.75) is 38.0 Å². The van der Waals surface area contributed by atoms with Crippen LogP contribution >= 0.6 is 0 Å². The predicted molar refractivity (Wildman–Crippen MR) is 148 cm³/mol. The third-order valence-corrected chi connectivity index (χ3v) is 7.13. The van der Waals surface area contributed by atoms with Crippen LogP contribution in [0.25, 0.3) is 10.9 Å². The van der Waals surface area contributed by atoms with Crippen LogP contribution in [-0.4, -0.2) is 44.4 Å². The number of benzene rings is 3. The number of ether oxygens (including phenoxy) is 3. The van der Waals surface area contributed by atoms with Crippen LogP contribution in [-0.2, 0) is 17.9 Å². The zero-order chi connectivity index (χ0) is 25.3. The first-order chi connectivity index (χ1) is 18.3. The molecule has 1 aromatic heterocycles. The molecule has 0 aliphatic carbocycles. The molecule has 1 aliphatic heterocycles. The van der Waals surface area contributed by atoms with Gasteiger partial charge in [0.1, 0.15) is 11.5 Å². The average molecular weight is 500 g/mol. The number of methoxy groups -OCH3 is 1. The van der Waals surface area contributed by atoms with Gasteiger partial charge in [0.15, 0.2) is 0 Å². The Kier molecular flexibility index (Phi) is 8.74. The highest BCUT2D eigenvalue weighted by Crippen LogP contribution is 2.28. The Morgan fingerprint density at radius 2 is 1.86 bits per heavy atom. The molecule has 2 heterocycles. The van der Waals surface area contributed by atoms with Gasteiger partial charge in [-0.2, -0.15) is 0 Å². The molecule has 6 nitrogen and oxygen atoms in total. The van der Waals surface area contributed by atoms with Gasteiger partial charge in [0.05, 0.1) is 26.9 Å². The molecule has 1 saturated heterocycles. The van der Waals surface area contributed by atoms with Crippen LogP contribution in [0.15, 0.2) is 79.0 Å². The van der Waals surface area contributed by atoms with Crippen molar-refractivity contribution in [3.05, 3.63) is 95.7 Å². The molecule has 0 amide bonds. The largest absolute Gasteiger partial charge is 0.496 e. The van der Waals surface area contributed by atoms with Crippen molar-refractivity contribution in [1.29, 1.82) is 0 Å².